The highest BCUT2D eigenvalue weighted by Gasteiger charge is 2.35. The number of carbonyl (C=O) groups excluding carboxylic acids is 1. The highest BCUT2D eigenvalue weighted by molar-refractivity contribution is 6.30. The third-order valence-corrected chi connectivity index (χ3v) is 4.09. The molecule has 0 radical (unpaired) electrons. The molecule has 6 nitrogen and oxygen atoms in total. The molecule has 114 valence electrons. The predicted molar refractivity (Wildman–Crippen MR) is 89.8 cm³/mol. The molecule has 1 aliphatic rings. The SMILES string of the molecule is NC1=NC(=O)N(c2ccc3nc[nH]c3c2)C1c1ccc(Cl)cc1. The lowest BCUT2D eigenvalue weighted by Gasteiger charge is -2.24. The Balaban J connectivity index is 1.81. The fourth-order valence-corrected chi connectivity index (χ4v) is 2.89. The maximum Gasteiger partial charge on any atom is 0.350 e. The average molecular weight is 326 g/mol. The molecule has 4 rings (SSSR count). The second-order valence-corrected chi connectivity index (χ2v) is 5.68. The summed E-state index contributed by atoms with van der Waals surface area (Å²) < 4.78 is 0. The minimum atomic E-state index is -0.444. The van der Waals surface area contributed by atoms with Gasteiger partial charge in [0.15, 0.2) is 0 Å². The number of aromatic nitrogens is 2. The Kier molecular flexibility index (Phi) is 3.06. The number of nitrogens with two attached hydrogens (primary N) is 1. The van der Waals surface area contributed by atoms with Crippen LogP contribution in [0.25, 0.3) is 11.0 Å². The van der Waals surface area contributed by atoms with Crippen molar-refractivity contribution in [2.24, 2.45) is 10.7 Å². The molecule has 0 bridgehead atoms. The van der Waals surface area contributed by atoms with Crippen molar-refractivity contribution in [1.82, 2.24) is 9.97 Å². The number of aliphatic imine (C=N–C) groups is 1. The van der Waals surface area contributed by atoms with E-state index in [9.17, 15) is 4.79 Å². The van der Waals surface area contributed by atoms with Gasteiger partial charge in [0, 0.05) is 10.7 Å². The zero-order valence-electron chi connectivity index (χ0n) is 11.9. The Morgan fingerprint density at radius 1 is 1.17 bits per heavy atom. The molecule has 0 spiro atoms. The van der Waals surface area contributed by atoms with E-state index in [-0.39, 0.29) is 11.9 Å². The molecule has 0 fully saturated rings. The van der Waals surface area contributed by atoms with E-state index in [2.05, 4.69) is 15.0 Å². The molecule has 1 unspecified atom stereocenters. The second kappa shape index (κ2) is 5.10. The van der Waals surface area contributed by atoms with Gasteiger partial charge in [0.25, 0.3) is 0 Å². The molecule has 0 aliphatic carbocycles. The van der Waals surface area contributed by atoms with Crippen LogP contribution in [0.3, 0.4) is 0 Å². The number of H-pyrrole nitrogens is 1. The number of benzene rings is 2. The summed E-state index contributed by atoms with van der Waals surface area (Å²) in [5, 5.41) is 0.624. The van der Waals surface area contributed by atoms with Gasteiger partial charge in [-0.15, -0.1) is 0 Å². The molecule has 0 saturated heterocycles. The minimum absolute atomic E-state index is 0.266. The van der Waals surface area contributed by atoms with Gasteiger partial charge in [-0.3, -0.25) is 4.90 Å². The monoisotopic (exact) mass is 325 g/mol. The van der Waals surface area contributed by atoms with Crippen molar-refractivity contribution in [3.63, 3.8) is 0 Å². The zero-order valence-corrected chi connectivity index (χ0v) is 12.7. The van der Waals surface area contributed by atoms with E-state index in [0.717, 1.165) is 16.6 Å². The first-order valence-corrected chi connectivity index (χ1v) is 7.37. The van der Waals surface area contributed by atoms with Gasteiger partial charge in [0.1, 0.15) is 11.9 Å². The van der Waals surface area contributed by atoms with Crippen LogP contribution in [0.5, 0.6) is 0 Å². The first kappa shape index (κ1) is 13.8. The average Bonchev–Trinajstić information content (AvgIpc) is 3.11. The smallest absolute Gasteiger partial charge is 0.350 e. The van der Waals surface area contributed by atoms with Gasteiger partial charge >= 0.3 is 6.03 Å². The van der Waals surface area contributed by atoms with Crippen LogP contribution in [0.2, 0.25) is 5.02 Å². The number of imidazole rings is 1. The number of hydrogen-bond donors (Lipinski definition) is 2. The van der Waals surface area contributed by atoms with Gasteiger partial charge < -0.3 is 10.7 Å². The van der Waals surface area contributed by atoms with E-state index in [1.165, 1.54) is 0 Å². The van der Waals surface area contributed by atoms with E-state index in [1.807, 2.05) is 30.3 Å². The van der Waals surface area contributed by atoms with Gasteiger partial charge in [-0.1, -0.05) is 23.7 Å². The van der Waals surface area contributed by atoms with Crippen LogP contribution >= 0.6 is 11.6 Å². The Morgan fingerprint density at radius 2 is 1.96 bits per heavy atom. The molecule has 1 atom stereocenters. The van der Waals surface area contributed by atoms with Crippen molar-refractivity contribution in [2.75, 3.05) is 4.90 Å². The maximum absolute atomic E-state index is 12.3. The number of rotatable bonds is 2. The molecule has 7 heteroatoms. The second-order valence-electron chi connectivity index (χ2n) is 5.25. The minimum Gasteiger partial charge on any atom is -0.385 e. The van der Waals surface area contributed by atoms with Crippen LogP contribution in [0.1, 0.15) is 11.6 Å². The number of carbonyl (C=O) groups is 1. The largest absolute Gasteiger partial charge is 0.385 e. The molecule has 2 aromatic carbocycles. The fraction of sp³-hybridized carbons (Fsp3) is 0.0625. The third kappa shape index (κ3) is 2.24. The third-order valence-electron chi connectivity index (χ3n) is 3.84. The van der Waals surface area contributed by atoms with Crippen molar-refractivity contribution >= 4 is 40.2 Å². The predicted octanol–water partition coefficient (Wildman–Crippen LogP) is 3.25. The van der Waals surface area contributed by atoms with Crippen molar-refractivity contribution < 1.29 is 4.79 Å². The number of nitrogens with one attached hydrogen (secondary N) is 1. The van der Waals surface area contributed by atoms with Crippen LogP contribution in [-0.2, 0) is 0 Å². The molecule has 3 aromatic rings. The quantitative estimate of drug-likeness (QED) is 0.758. The summed E-state index contributed by atoms with van der Waals surface area (Å²) in [6.07, 6.45) is 1.61. The van der Waals surface area contributed by atoms with Crippen LogP contribution in [0, 0.1) is 0 Å². The van der Waals surface area contributed by atoms with E-state index in [1.54, 1.807) is 23.4 Å². The number of fused-ring (bicyclic) bond motifs is 1. The summed E-state index contributed by atoms with van der Waals surface area (Å²) in [5.41, 5.74) is 9.23. The van der Waals surface area contributed by atoms with Crippen LogP contribution in [-0.4, -0.2) is 21.8 Å². The van der Waals surface area contributed by atoms with Crippen molar-refractivity contribution in [3.8, 4) is 0 Å². The topological polar surface area (TPSA) is 87.4 Å². The van der Waals surface area contributed by atoms with Gasteiger partial charge in [-0.25, -0.2) is 9.78 Å². The first-order chi connectivity index (χ1) is 11.1. The molecule has 2 amide bonds. The first-order valence-electron chi connectivity index (χ1n) is 6.99. The van der Waals surface area contributed by atoms with E-state index in [0.29, 0.717) is 10.7 Å². The molecule has 0 saturated carbocycles. The lowest BCUT2D eigenvalue weighted by Crippen LogP contribution is -2.33. The fourth-order valence-electron chi connectivity index (χ4n) is 2.77. The summed E-state index contributed by atoms with van der Waals surface area (Å²) >= 11 is 5.94. The van der Waals surface area contributed by atoms with Gasteiger partial charge in [0.2, 0.25) is 0 Å². The van der Waals surface area contributed by atoms with Crippen LogP contribution < -0.4 is 10.6 Å². The zero-order chi connectivity index (χ0) is 16.0. The number of halogens is 1. The highest BCUT2D eigenvalue weighted by Crippen LogP contribution is 2.33. The van der Waals surface area contributed by atoms with Gasteiger partial charge in [-0.05, 0) is 35.9 Å². The van der Waals surface area contributed by atoms with Crippen molar-refractivity contribution in [3.05, 3.63) is 59.4 Å². The molecular weight excluding hydrogens is 314 g/mol. The Hall–Kier alpha value is -2.86. The van der Waals surface area contributed by atoms with Crippen molar-refractivity contribution in [2.45, 2.75) is 6.04 Å². The molecule has 1 aliphatic heterocycles. The Morgan fingerprint density at radius 3 is 2.74 bits per heavy atom. The van der Waals surface area contributed by atoms with E-state index < -0.39 is 6.04 Å². The van der Waals surface area contributed by atoms with Crippen molar-refractivity contribution in [1.29, 1.82) is 0 Å². The molecular formula is C16H12ClN5O. The molecule has 2 heterocycles. The summed E-state index contributed by atoms with van der Waals surface area (Å²) in [6, 6.07) is 11.9. The number of amides is 2. The molecule has 23 heavy (non-hydrogen) atoms. The molecule has 1 aromatic heterocycles. The van der Waals surface area contributed by atoms with Crippen LogP contribution in [0.15, 0.2) is 53.8 Å². The Bertz CT molecular complexity index is 931. The number of hydrogen-bond acceptors (Lipinski definition) is 3. The number of aromatic amines is 1. The summed E-state index contributed by atoms with van der Waals surface area (Å²) in [7, 11) is 0. The lowest BCUT2D eigenvalue weighted by atomic mass is 10.0. The maximum atomic E-state index is 12.3. The van der Waals surface area contributed by atoms with Crippen LogP contribution in [0.4, 0.5) is 10.5 Å². The number of anilines is 1. The lowest BCUT2D eigenvalue weighted by molar-refractivity contribution is 0.255. The van der Waals surface area contributed by atoms with Gasteiger partial charge in [-0.2, -0.15) is 4.99 Å². The standard InChI is InChI=1S/C16H12ClN5O/c17-10-3-1-9(2-4-10)14-15(18)21-16(23)22(14)11-5-6-12-13(7-11)20-8-19-12/h1-8,14H,(H,19,20)(H2,18,21,23). The summed E-state index contributed by atoms with van der Waals surface area (Å²) in [4.78, 5) is 25.0. The summed E-state index contributed by atoms with van der Waals surface area (Å²) in [5.74, 6) is 0.266. The molecule has 3 N–H and O–H groups in total. The Labute approximate surface area is 136 Å². The van der Waals surface area contributed by atoms with E-state index in [4.69, 9.17) is 17.3 Å². The normalized spacial score (nSPS) is 17.8. The number of urea groups is 1. The highest BCUT2D eigenvalue weighted by atomic mass is 35.5. The number of amidine groups is 1. The van der Waals surface area contributed by atoms with E-state index >= 15 is 0 Å². The number of nitrogens with zero attached hydrogens (tertiary/aromatic N) is 3. The summed E-state index contributed by atoms with van der Waals surface area (Å²) in [6.45, 7) is 0. The van der Waals surface area contributed by atoms with Gasteiger partial charge in [0.05, 0.1) is 17.4 Å².